The van der Waals surface area contributed by atoms with Crippen molar-refractivity contribution in [2.45, 2.75) is 10.3 Å². The monoisotopic (exact) mass is 292 g/mol. The predicted molar refractivity (Wildman–Crippen MR) is 63.4 cm³/mol. The molecule has 1 aliphatic rings. The zero-order valence-electron chi connectivity index (χ0n) is 8.67. The molecular weight excluding hydrogens is 284 g/mol. The second kappa shape index (κ2) is 4.92. The molecule has 1 aromatic rings. The van der Waals surface area contributed by atoms with Crippen LogP contribution in [0, 0.1) is 11.3 Å². The molecule has 0 bridgehead atoms. The number of morpholine rings is 1. The van der Waals surface area contributed by atoms with Gasteiger partial charge in [-0.15, -0.1) is 11.3 Å². The average Bonchev–Trinajstić information content (AvgIpc) is 2.76. The van der Waals surface area contributed by atoms with E-state index in [1.165, 1.54) is 16.4 Å². The van der Waals surface area contributed by atoms with Crippen molar-refractivity contribution in [3.63, 3.8) is 0 Å². The van der Waals surface area contributed by atoms with E-state index in [1.807, 2.05) is 6.07 Å². The summed E-state index contributed by atoms with van der Waals surface area (Å²) < 4.78 is 31.3. The van der Waals surface area contributed by atoms with E-state index in [0.717, 1.165) is 11.3 Å². The highest BCUT2D eigenvalue weighted by atomic mass is 35.5. The van der Waals surface area contributed by atoms with Gasteiger partial charge in [0.2, 0.25) is 0 Å². The van der Waals surface area contributed by atoms with Crippen LogP contribution in [-0.4, -0.2) is 38.5 Å². The Balaban J connectivity index is 2.35. The summed E-state index contributed by atoms with van der Waals surface area (Å²) in [6.45, 7) is 0.599. The van der Waals surface area contributed by atoms with Crippen molar-refractivity contribution in [1.82, 2.24) is 4.31 Å². The fourth-order valence-corrected chi connectivity index (χ4v) is 4.65. The zero-order chi connectivity index (χ0) is 12.5. The van der Waals surface area contributed by atoms with Crippen molar-refractivity contribution < 1.29 is 13.2 Å². The van der Waals surface area contributed by atoms with E-state index >= 15 is 0 Å². The van der Waals surface area contributed by atoms with Gasteiger partial charge in [-0.05, 0) is 12.1 Å². The third kappa shape index (κ3) is 2.46. The highest BCUT2D eigenvalue weighted by Gasteiger charge is 2.34. The minimum atomic E-state index is -3.64. The molecule has 1 atom stereocenters. The lowest BCUT2D eigenvalue weighted by molar-refractivity contribution is 0.0512. The topological polar surface area (TPSA) is 70.4 Å². The first kappa shape index (κ1) is 12.8. The lowest BCUT2D eigenvalue weighted by Gasteiger charge is -2.29. The first-order valence-corrected chi connectivity index (χ1v) is 7.43. The molecule has 1 saturated heterocycles. The minimum absolute atomic E-state index is 0.106. The Morgan fingerprint density at radius 1 is 1.59 bits per heavy atom. The molecule has 0 N–H and O–H groups in total. The molecule has 1 fully saturated rings. The fraction of sp³-hybridized carbons (Fsp3) is 0.444. The van der Waals surface area contributed by atoms with Crippen molar-refractivity contribution >= 4 is 33.0 Å². The molecule has 0 aromatic carbocycles. The largest absolute Gasteiger partial charge is 0.377 e. The lowest BCUT2D eigenvalue weighted by Crippen LogP contribution is -2.47. The molecule has 1 aromatic heterocycles. The van der Waals surface area contributed by atoms with E-state index in [2.05, 4.69) is 0 Å². The summed E-state index contributed by atoms with van der Waals surface area (Å²) in [7, 11) is -3.64. The number of nitrogens with zero attached hydrogens (tertiary/aromatic N) is 2. The Morgan fingerprint density at radius 2 is 2.35 bits per heavy atom. The van der Waals surface area contributed by atoms with Gasteiger partial charge < -0.3 is 4.74 Å². The van der Waals surface area contributed by atoms with Gasteiger partial charge in [-0.2, -0.15) is 9.57 Å². The highest BCUT2D eigenvalue weighted by molar-refractivity contribution is 7.91. The molecule has 92 valence electrons. The normalized spacial score (nSPS) is 22.2. The van der Waals surface area contributed by atoms with Gasteiger partial charge in [-0.25, -0.2) is 8.42 Å². The van der Waals surface area contributed by atoms with E-state index < -0.39 is 16.1 Å². The van der Waals surface area contributed by atoms with Crippen molar-refractivity contribution in [3.8, 4) is 6.07 Å². The first-order chi connectivity index (χ1) is 8.05. The maximum absolute atomic E-state index is 12.2. The molecule has 0 radical (unpaired) electrons. The third-order valence-corrected chi connectivity index (χ3v) is 5.95. The molecule has 0 amide bonds. The number of ether oxygens (including phenoxy) is 1. The summed E-state index contributed by atoms with van der Waals surface area (Å²) in [5, 5.41) is 8.92. The van der Waals surface area contributed by atoms with Crippen LogP contribution in [0.1, 0.15) is 0 Å². The van der Waals surface area contributed by atoms with Gasteiger partial charge in [0.25, 0.3) is 10.0 Å². The highest BCUT2D eigenvalue weighted by Crippen LogP contribution is 2.29. The van der Waals surface area contributed by atoms with Crippen LogP contribution < -0.4 is 0 Å². The molecule has 1 aliphatic heterocycles. The average molecular weight is 293 g/mol. The Kier molecular flexibility index (Phi) is 3.70. The van der Waals surface area contributed by atoms with Crippen molar-refractivity contribution in [1.29, 1.82) is 5.26 Å². The quantitative estimate of drug-likeness (QED) is 0.824. The Bertz CT molecular complexity index is 549. The molecule has 2 rings (SSSR count). The van der Waals surface area contributed by atoms with E-state index in [4.69, 9.17) is 21.6 Å². The standard InChI is InChI=1S/C9H9ClN2O3S2/c10-8-1-2-9(16-8)17(13,14)12-3-4-15-6-7(12)5-11/h1-2,7H,3-4,6H2/t7-/m0/s1. The minimum Gasteiger partial charge on any atom is -0.377 e. The summed E-state index contributed by atoms with van der Waals surface area (Å²) in [5.41, 5.74) is 0. The van der Waals surface area contributed by atoms with Gasteiger partial charge in [0.1, 0.15) is 10.3 Å². The zero-order valence-corrected chi connectivity index (χ0v) is 11.1. The van der Waals surface area contributed by atoms with Crippen molar-refractivity contribution in [3.05, 3.63) is 16.5 Å². The summed E-state index contributed by atoms with van der Waals surface area (Å²) in [6, 6.07) is 4.14. The molecular formula is C9H9ClN2O3S2. The van der Waals surface area contributed by atoms with E-state index in [9.17, 15) is 8.42 Å². The van der Waals surface area contributed by atoms with Crippen LogP contribution in [0.25, 0.3) is 0 Å². The van der Waals surface area contributed by atoms with E-state index in [0.29, 0.717) is 10.9 Å². The lowest BCUT2D eigenvalue weighted by atomic mass is 10.3. The summed E-state index contributed by atoms with van der Waals surface area (Å²) in [6.07, 6.45) is 0. The molecule has 2 heterocycles. The van der Waals surface area contributed by atoms with Crippen LogP contribution in [0.3, 0.4) is 0 Å². The summed E-state index contributed by atoms with van der Waals surface area (Å²) in [5.74, 6) is 0. The summed E-state index contributed by atoms with van der Waals surface area (Å²) >= 11 is 6.71. The van der Waals surface area contributed by atoms with E-state index in [-0.39, 0.29) is 17.4 Å². The Hall–Kier alpha value is -0.650. The number of hydrogen-bond donors (Lipinski definition) is 0. The van der Waals surface area contributed by atoms with Gasteiger partial charge in [-0.1, -0.05) is 11.6 Å². The maximum Gasteiger partial charge on any atom is 0.253 e. The molecule has 8 heteroatoms. The summed E-state index contributed by atoms with van der Waals surface area (Å²) in [4.78, 5) is 0. The molecule has 0 spiro atoms. The maximum atomic E-state index is 12.2. The van der Waals surface area contributed by atoms with Gasteiger partial charge >= 0.3 is 0 Å². The van der Waals surface area contributed by atoms with Gasteiger partial charge in [0.05, 0.1) is 23.6 Å². The molecule has 0 aliphatic carbocycles. The van der Waals surface area contributed by atoms with Crippen molar-refractivity contribution in [2.75, 3.05) is 19.8 Å². The van der Waals surface area contributed by atoms with Crippen LogP contribution in [-0.2, 0) is 14.8 Å². The smallest absolute Gasteiger partial charge is 0.253 e. The second-order valence-electron chi connectivity index (χ2n) is 3.39. The number of thiophene rings is 1. The molecule has 0 unspecified atom stereocenters. The molecule has 0 saturated carbocycles. The molecule has 5 nitrogen and oxygen atoms in total. The van der Waals surface area contributed by atoms with Crippen LogP contribution >= 0.6 is 22.9 Å². The second-order valence-corrected chi connectivity index (χ2v) is 7.23. The van der Waals surface area contributed by atoms with E-state index in [1.54, 1.807) is 0 Å². The number of hydrogen-bond acceptors (Lipinski definition) is 5. The Morgan fingerprint density at radius 3 is 2.94 bits per heavy atom. The van der Waals surface area contributed by atoms with Crippen LogP contribution in [0.2, 0.25) is 4.34 Å². The number of halogens is 1. The molecule has 17 heavy (non-hydrogen) atoms. The number of nitriles is 1. The van der Waals surface area contributed by atoms with Gasteiger partial charge in [-0.3, -0.25) is 0 Å². The number of sulfonamides is 1. The first-order valence-electron chi connectivity index (χ1n) is 4.80. The van der Waals surface area contributed by atoms with Crippen LogP contribution in [0.15, 0.2) is 16.3 Å². The number of rotatable bonds is 2. The predicted octanol–water partition coefficient (Wildman–Crippen LogP) is 1.31. The SMILES string of the molecule is N#C[C@H]1COCCN1S(=O)(=O)c1ccc(Cl)s1. The van der Waals surface area contributed by atoms with Crippen LogP contribution in [0.4, 0.5) is 0 Å². The Labute approximate surface area is 108 Å². The van der Waals surface area contributed by atoms with Crippen LogP contribution in [0.5, 0.6) is 0 Å². The third-order valence-electron chi connectivity index (χ3n) is 2.34. The van der Waals surface area contributed by atoms with Crippen molar-refractivity contribution in [2.24, 2.45) is 0 Å². The van der Waals surface area contributed by atoms with Gasteiger partial charge in [0.15, 0.2) is 0 Å². The van der Waals surface area contributed by atoms with Gasteiger partial charge in [0, 0.05) is 6.54 Å². The fourth-order valence-electron chi connectivity index (χ4n) is 1.53.